The third-order valence-electron chi connectivity index (χ3n) is 5.01. The van der Waals surface area contributed by atoms with Crippen LogP contribution in [-0.4, -0.2) is 42.4 Å². The van der Waals surface area contributed by atoms with E-state index in [1.807, 2.05) is 62.4 Å². The molecule has 30 heavy (non-hydrogen) atoms. The van der Waals surface area contributed by atoms with Gasteiger partial charge >= 0.3 is 0 Å². The first-order valence-corrected chi connectivity index (χ1v) is 11.0. The molecule has 1 saturated heterocycles. The molecule has 2 amide bonds. The van der Waals surface area contributed by atoms with Gasteiger partial charge in [-0.2, -0.15) is 0 Å². The Morgan fingerprint density at radius 3 is 2.17 bits per heavy atom. The standard InChI is InChI=1S/C23H28BrN3O3/c1-16(2)23(29)26-19-11-13-27(14-12-19)15-22(28)25-18-5-9-21(10-6-18)30-20-7-3-17(24)4-8-20/h3-10,16,19H,11-15H2,1-2H3,(H,25,28)(H,26,29). The van der Waals surface area contributed by atoms with E-state index in [1.165, 1.54) is 0 Å². The van der Waals surface area contributed by atoms with Gasteiger partial charge in [0, 0.05) is 35.2 Å². The van der Waals surface area contributed by atoms with Crippen molar-refractivity contribution in [2.24, 2.45) is 5.92 Å². The lowest BCUT2D eigenvalue weighted by atomic mass is 10.0. The van der Waals surface area contributed by atoms with Crippen LogP contribution in [0.5, 0.6) is 11.5 Å². The number of likely N-dealkylation sites (tertiary alicyclic amines) is 1. The average Bonchev–Trinajstić information content (AvgIpc) is 2.72. The number of anilines is 1. The predicted octanol–water partition coefficient (Wildman–Crippen LogP) is 4.42. The van der Waals surface area contributed by atoms with Gasteiger partial charge in [-0.05, 0) is 61.4 Å². The Bertz CT molecular complexity index is 845. The molecular weight excluding hydrogens is 446 g/mol. The minimum Gasteiger partial charge on any atom is -0.457 e. The van der Waals surface area contributed by atoms with Crippen molar-refractivity contribution in [2.75, 3.05) is 25.0 Å². The number of nitrogens with one attached hydrogen (secondary N) is 2. The number of amides is 2. The molecule has 1 aliphatic rings. The zero-order valence-corrected chi connectivity index (χ0v) is 18.9. The van der Waals surface area contributed by atoms with Gasteiger partial charge in [-0.15, -0.1) is 0 Å². The van der Waals surface area contributed by atoms with Crippen molar-refractivity contribution in [3.8, 4) is 11.5 Å². The Hall–Kier alpha value is -2.38. The molecule has 0 aliphatic carbocycles. The Morgan fingerprint density at radius 2 is 1.60 bits per heavy atom. The summed E-state index contributed by atoms with van der Waals surface area (Å²) in [5.74, 6) is 1.52. The molecule has 2 aromatic carbocycles. The number of rotatable bonds is 7. The number of ether oxygens (including phenoxy) is 1. The average molecular weight is 474 g/mol. The minimum absolute atomic E-state index is 0.000427. The van der Waals surface area contributed by atoms with E-state index in [0.29, 0.717) is 12.3 Å². The summed E-state index contributed by atoms with van der Waals surface area (Å²) in [5, 5.41) is 6.01. The van der Waals surface area contributed by atoms with E-state index in [9.17, 15) is 9.59 Å². The maximum atomic E-state index is 12.4. The highest BCUT2D eigenvalue weighted by molar-refractivity contribution is 9.10. The summed E-state index contributed by atoms with van der Waals surface area (Å²) in [6.45, 7) is 5.75. The molecule has 6 nitrogen and oxygen atoms in total. The molecule has 2 N–H and O–H groups in total. The van der Waals surface area contributed by atoms with Crippen LogP contribution < -0.4 is 15.4 Å². The Kier molecular flexibility index (Phi) is 7.87. The highest BCUT2D eigenvalue weighted by Crippen LogP contribution is 2.24. The first kappa shape index (κ1) is 22.3. The van der Waals surface area contributed by atoms with Crippen molar-refractivity contribution in [2.45, 2.75) is 32.7 Å². The van der Waals surface area contributed by atoms with Crippen LogP contribution in [0.2, 0.25) is 0 Å². The molecule has 0 spiro atoms. The van der Waals surface area contributed by atoms with Crippen molar-refractivity contribution in [1.82, 2.24) is 10.2 Å². The zero-order valence-electron chi connectivity index (χ0n) is 17.4. The fourth-order valence-electron chi connectivity index (χ4n) is 3.25. The zero-order chi connectivity index (χ0) is 21.5. The van der Waals surface area contributed by atoms with Crippen LogP contribution in [0.1, 0.15) is 26.7 Å². The normalized spacial score (nSPS) is 15.1. The Morgan fingerprint density at radius 1 is 1.03 bits per heavy atom. The molecule has 2 aromatic rings. The van der Waals surface area contributed by atoms with Gasteiger partial charge in [-0.3, -0.25) is 14.5 Å². The van der Waals surface area contributed by atoms with Crippen LogP contribution >= 0.6 is 15.9 Å². The predicted molar refractivity (Wildman–Crippen MR) is 122 cm³/mol. The van der Waals surface area contributed by atoms with E-state index in [4.69, 9.17) is 4.74 Å². The van der Waals surface area contributed by atoms with Crippen LogP contribution in [0.4, 0.5) is 5.69 Å². The second-order valence-corrected chi connectivity index (χ2v) is 8.76. The number of carbonyl (C=O) groups is 2. The van der Waals surface area contributed by atoms with Gasteiger partial charge in [-0.1, -0.05) is 29.8 Å². The monoisotopic (exact) mass is 473 g/mol. The van der Waals surface area contributed by atoms with E-state index >= 15 is 0 Å². The number of hydrogen-bond donors (Lipinski definition) is 2. The molecule has 0 radical (unpaired) electrons. The second kappa shape index (κ2) is 10.6. The lowest BCUT2D eigenvalue weighted by Crippen LogP contribution is -2.47. The van der Waals surface area contributed by atoms with Crippen LogP contribution in [0, 0.1) is 5.92 Å². The lowest BCUT2D eigenvalue weighted by molar-refractivity contribution is -0.125. The molecular formula is C23H28BrN3O3. The van der Waals surface area contributed by atoms with E-state index in [2.05, 4.69) is 31.5 Å². The number of benzene rings is 2. The van der Waals surface area contributed by atoms with Crippen LogP contribution in [0.3, 0.4) is 0 Å². The maximum absolute atomic E-state index is 12.4. The first-order chi connectivity index (χ1) is 14.4. The van der Waals surface area contributed by atoms with Crippen LogP contribution in [0.25, 0.3) is 0 Å². The molecule has 0 bridgehead atoms. The topological polar surface area (TPSA) is 70.7 Å². The number of hydrogen-bond acceptors (Lipinski definition) is 4. The van der Waals surface area contributed by atoms with Gasteiger partial charge in [0.15, 0.2) is 0 Å². The summed E-state index contributed by atoms with van der Waals surface area (Å²) in [7, 11) is 0. The van der Waals surface area contributed by atoms with Gasteiger partial charge in [0.1, 0.15) is 11.5 Å². The molecule has 7 heteroatoms. The van der Waals surface area contributed by atoms with Crippen molar-refractivity contribution in [3.63, 3.8) is 0 Å². The molecule has 1 aliphatic heterocycles. The highest BCUT2D eigenvalue weighted by Gasteiger charge is 2.22. The molecule has 0 aromatic heterocycles. The van der Waals surface area contributed by atoms with Gasteiger partial charge in [-0.25, -0.2) is 0 Å². The lowest BCUT2D eigenvalue weighted by Gasteiger charge is -2.32. The van der Waals surface area contributed by atoms with Crippen LogP contribution in [-0.2, 0) is 9.59 Å². The molecule has 0 unspecified atom stereocenters. The first-order valence-electron chi connectivity index (χ1n) is 10.2. The van der Waals surface area contributed by atoms with Gasteiger partial charge in [0.05, 0.1) is 6.54 Å². The number of nitrogens with zero attached hydrogens (tertiary/aromatic N) is 1. The molecule has 3 rings (SSSR count). The summed E-state index contributed by atoms with van der Waals surface area (Å²) in [5.41, 5.74) is 0.738. The second-order valence-electron chi connectivity index (χ2n) is 7.84. The molecule has 0 atom stereocenters. The molecule has 160 valence electrons. The van der Waals surface area contributed by atoms with Gasteiger partial charge in [0.2, 0.25) is 11.8 Å². The smallest absolute Gasteiger partial charge is 0.238 e. The number of halogens is 1. The molecule has 1 fully saturated rings. The van der Waals surface area contributed by atoms with Gasteiger partial charge < -0.3 is 15.4 Å². The molecule has 0 saturated carbocycles. The van der Waals surface area contributed by atoms with Crippen molar-refractivity contribution in [1.29, 1.82) is 0 Å². The van der Waals surface area contributed by atoms with Crippen molar-refractivity contribution < 1.29 is 14.3 Å². The van der Waals surface area contributed by atoms with Crippen molar-refractivity contribution in [3.05, 3.63) is 53.0 Å². The summed E-state index contributed by atoms with van der Waals surface area (Å²) in [6, 6.07) is 15.2. The quantitative estimate of drug-likeness (QED) is 0.624. The van der Waals surface area contributed by atoms with Gasteiger partial charge in [0.25, 0.3) is 0 Å². The number of carbonyl (C=O) groups excluding carboxylic acids is 2. The van der Waals surface area contributed by atoms with E-state index in [0.717, 1.165) is 41.8 Å². The van der Waals surface area contributed by atoms with Crippen molar-refractivity contribution >= 4 is 33.4 Å². The summed E-state index contributed by atoms with van der Waals surface area (Å²) >= 11 is 3.40. The summed E-state index contributed by atoms with van der Waals surface area (Å²) in [4.78, 5) is 26.3. The SMILES string of the molecule is CC(C)C(=O)NC1CCN(CC(=O)Nc2ccc(Oc3ccc(Br)cc3)cc2)CC1. The largest absolute Gasteiger partial charge is 0.457 e. The highest BCUT2D eigenvalue weighted by atomic mass is 79.9. The maximum Gasteiger partial charge on any atom is 0.238 e. The van der Waals surface area contributed by atoms with E-state index in [1.54, 1.807) is 0 Å². The fraction of sp³-hybridized carbons (Fsp3) is 0.391. The number of piperidine rings is 1. The van der Waals surface area contributed by atoms with Crippen LogP contribution in [0.15, 0.2) is 53.0 Å². The van der Waals surface area contributed by atoms with E-state index < -0.39 is 0 Å². The Balaban J connectivity index is 1.42. The Labute approximate surface area is 186 Å². The third-order valence-corrected chi connectivity index (χ3v) is 5.54. The molecule has 1 heterocycles. The third kappa shape index (κ3) is 6.85. The van der Waals surface area contributed by atoms with E-state index in [-0.39, 0.29) is 23.8 Å². The summed E-state index contributed by atoms with van der Waals surface area (Å²) in [6.07, 6.45) is 1.74. The minimum atomic E-state index is -0.0405. The fourth-order valence-corrected chi connectivity index (χ4v) is 3.52. The summed E-state index contributed by atoms with van der Waals surface area (Å²) < 4.78 is 6.79.